The molecule has 4 nitrogen and oxygen atoms in total. The fraction of sp³-hybridized carbons (Fsp3) is 0.923. The van der Waals surface area contributed by atoms with Gasteiger partial charge in [-0.1, -0.05) is 15.9 Å². The highest BCUT2D eigenvalue weighted by atomic mass is 79.9. The largest absolute Gasteiger partial charge is 0.444 e. The Labute approximate surface area is 117 Å². The van der Waals surface area contributed by atoms with Crippen molar-refractivity contribution in [3.05, 3.63) is 0 Å². The second-order valence-corrected chi connectivity index (χ2v) is 7.01. The SMILES string of the molecule is CC(C)(C)OC(=O)N1CC(OCC2(CBr)CC2)C1. The van der Waals surface area contributed by atoms with E-state index < -0.39 is 5.60 Å². The molecule has 2 rings (SSSR count). The molecule has 1 saturated carbocycles. The molecule has 1 amide bonds. The first-order valence-electron chi connectivity index (χ1n) is 6.49. The monoisotopic (exact) mass is 319 g/mol. The Balaban J connectivity index is 1.63. The summed E-state index contributed by atoms with van der Waals surface area (Å²) in [5.74, 6) is 0. The molecule has 0 aromatic heterocycles. The van der Waals surface area contributed by atoms with Crippen LogP contribution < -0.4 is 0 Å². The average molecular weight is 320 g/mol. The zero-order valence-electron chi connectivity index (χ0n) is 11.4. The normalized spacial score (nSPS) is 22.6. The summed E-state index contributed by atoms with van der Waals surface area (Å²) in [7, 11) is 0. The van der Waals surface area contributed by atoms with Crippen LogP contribution in [0.4, 0.5) is 4.79 Å². The highest BCUT2D eigenvalue weighted by Gasteiger charge is 2.43. The first-order valence-corrected chi connectivity index (χ1v) is 7.61. The Hall–Kier alpha value is -0.290. The molecule has 1 aliphatic carbocycles. The Kier molecular flexibility index (Phi) is 3.93. The van der Waals surface area contributed by atoms with Crippen LogP contribution in [0, 0.1) is 5.41 Å². The van der Waals surface area contributed by atoms with Crippen LogP contribution in [0.3, 0.4) is 0 Å². The summed E-state index contributed by atoms with van der Waals surface area (Å²) in [6.45, 7) is 7.77. The van der Waals surface area contributed by atoms with E-state index in [1.165, 1.54) is 12.8 Å². The van der Waals surface area contributed by atoms with Crippen molar-refractivity contribution in [3.63, 3.8) is 0 Å². The van der Waals surface area contributed by atoms with Crippen molar-refractivity contribution in [3.8, 4) is 0 Å². The van der Waals surface area contributed by atoms with E-state index in [2.05, 4.69) is 15.9 Å². The van der Waals surface area contributed by atoms with Crippen LogP contribution >= 0.6 is 15.9 Å². The molecule has 0 bridgehead atoms. The maximum Gasteiger partial charge on any atom is 0.410 e. The second kappa shape index (κ2) is 5.00. The zero-order chi connectivity index (χ0) is 13.4. The number of halogens is 1. The number of nitrogens with zero attached hydrogens (tertiary/aromatic N) is 1. The number of rotatable bonds is 4. The van der Waals surface area contributed by atoms with Crippen LogP contribution in [0.25, 0.3) is 0 Å². The molecule has 1 saturated heterocycles. The maximum absolute atomic E-state index is 11.7. The Morgan fingerprint density at radius 1 is 1.39 bits per heavy atom. The van der Waals surface area contributed by atoms with Crippen LogP contribution in [0.15, 0.2) is 0 Å². The molecule has 1 heterocycles. The molecule has 0 aromatic carbocycles. The third-order valence-corrected chi connectivity index (χ3v) is 4.56. The minimum absolute atomic E-state index is 0.189. The van der Waals surface area contributed by atoms with Gasteiger partial charge in [0.1, 0.15) is 5.60 Å². The molecule has 0 N–H and O–H groups in total. The van der Waals surface area contributed by atoms with Crippen LogP contribution in [0.1, 0.15) is 33.6 Å². The number of alkyl halides is 1. The molecule has 1 aliphatic heterocycles. The van der Waals surface area contributed by atoms with Crippen molar-refractivity contribution in [2.75, 3.05) is 25.0 Å². The first-order chi connectivity index (χ1) is 8.34. The van der Waals surface area contributed by atoms with Crippen molar-refractivity contribution in [1.82, 2.24) is 4.90 Å². The summed E-state index contributed by atoms with van der Waals surface area (Å²) in [6, 6.07) is 0. The van der Waals surface area contributed by atoms with E-state index in [-0.39, 0.29) is 12.2 Å². The van der Waals surface area contributed by atoms with E-state index in [1.807, 2.05) is 20.8 Å². The number of ether oxygens (including phenoxy) is 2. The Morgan fingerprint density at radius 3 is 2.44 bits per heavy atom. The number of hydrogen-bond donors (Lipinski definition) is 0. The molecular formula is C13H22BrNO3. The van der Waals surface area contributed by atoms with E-state index in [4.69, 9.17) is 9.47 Å². The number of likely N-dealkylation sites (tertiary alicyclic amines) is 1. The van der Waals surface area contributed by atoms with Gasteiger partial charge in [0.2, 0.25) is 0 Å². The van der Waals surface area contributed by atoms with Crippen molar-refractivity contribution in [2.45, 2.75) is 45.3 Å². The predicted octanol–water partition coefficient (Wildman–Crippen LogP) is 2.80. The molecular weight excluding hydrogens is 298 g/mol. The number of amides is 1. The summed E-state index contributed by atoms with van der Waals surface area (Å²) in [5.41, 5.74) is -0.0383. The van der Waals surface area contributed by atoms with Crippen LogP contribution in [-0.2, 0) is 9.47 Å². The number of carbonyl (C=O) groups excluding carboxylic acids is 1. The quantitative estimate of drug-likeness (QED) is 0.748. The van der Waals surface area contributed by atoms with Crippen LogP contribution in [0.2, 0.25) is 0 Å². The zero-order valence-corrected chi connectivity index (χ0v) is 13.0. The fourth-order valence-corrected chi connectivity index (χ4v) is 2.53. The fourth-order valence-electron chi connectivity index (χ4n) is 1.81. The minimum atomic E-state index is -0.420. The molecule has 0 unspecified atom stereocenters. The molecule has 104 valence electrons. The van der Waals surface area contributed by atoms with E-state index in [9.17, 15) is 4.79 Å². The van der Waals surface area contributed by atoms with Gasteiger partial charge in [0.05, 0.1) is 25.8 Å². The summed E-state index contributed by atoms with van der Waals surface area (Å²) in [4.78, 5) is 13.4. The van der Waals surface area contributed by atoms with Gasteiger partial charge in [0.15, 0.2) is 0 Å². The number of hydrogen-bond acceptors (Lipinski definition) is 3. The second-order valence-electron chi connectivity index (χ2n) is 6.45. The maximum atomic E-state index is 11.7. The van der Waals surface area contributed by atoms with Gasteiger partial charge in [0.25, 0.3) is 0 Å². The highest BCUT2D eigenvalue weighted by Crippen LogP contribution is 2.47. The molecule has 18 heavy (non-hydrogen) atoms. The smallest absolute Gasteiger partial charge is 0.410 e. The standard InChI is InChI=1S/C13H22BrNO3/c1-12(2,3)18-11(16)15-6-10(7-15)17-9-13(8-14)4-5-13/h10H,4-9H2,1-3H3. The summed E-state index contributed by atoms with van der Waals surface area (Å²) in [6.07, 6.45) is 2.46. The molecule has 0 atom stereocenters. The topological polar surface area (TPSA) is 38.8 Å². The van der Waals surface area contributed by atoms with Gasteiger partial charge in [0, 0.05) is 10.7 Å². The van der Waals surface area contributed by atoms with E-state index in [1.54, 1.807) is 4.90 Å². The van der Waals surface area contributed by atoms with Crippen LogP contribution in [-0.4, -0.2) is 47.7 Å². The molecule has 5 heteroatoms. The van der Waals surface area contributed by atoms with Crippen molar-refractivity contribution in [1.29, 1.82) is 0 Å². The molecule has 2 fully saturated rings. The minimum Gasteiger partial charge on any atom is -0.444 e. The first kappa shape index (κ1) is 14.1. The summed E-state index contributed by atoms with van der Waals surface area (Å²) >= 11 is 3.53. The van der Waals surface area contributed by atoms with Gasteiger partial charge < -0.3 is 14.4 Å². The molecule has 0 aromatic rings. The average Bonchev–Trinajstić information content (AvgIpc) is 2.93. The molecule has 0 spiro atoms. The van der Waals surface area contributed by atoms with Gasteiger partial charge in [-0.3, -0.25) is 0 Å². The highest BCUT2D eigenvalue weighted by molar-refractivity contribution is 9.09. The third kappa shape index (κ3) is 3.60. The Bertz CT molecular complexity index is 317. The lowest BCUT2D eigenvalue weighted by Gasteiger charge is -2.39. The number of carbonyl (C=O) groups is 1. The molecule has 0 radical (unpaired) electrons. The lowest BCUT2D eigenvalue weighted by molar-refractivity contribution is -0.0721. The predicted molar refractivity (Wildman–Crippen MR) is 73.0 cm³/mol. The van der Waals surface area contributed by atoms with Crippen LogP contribution in [0.5, 0.6) is 0 Å². The van der Waals surface area contributed by atoms with Crippen molar-refractivity contribution >= 4 is 22.0 Å². The van der Waals surface area contributed by atoms with Gasteiger partial charge >= 0.3 is 6.09 Å². The van der Waals surface area contributed by atoms with E-state index >= 15 is 0 Å². The van der Waals surface area contributed by atoms with Crippen molar-refractivity contribution in [2.24, 2.45) is 5.41 Å². The molecule has 2 aliphatic rings. The lowest BCUT2D eigenvalue weighted by Crippen LogP contribution is -2.56. The van der Waals surface area contributed by atoms with Gasteiger partial charge in [-0.05, 0) is 33.6 Å². The summed E-state index contributed by atoms with van der Waals surface area (Å²) < 4.78 is 11.1. The van der Waals surface area contributed by atoms with E-state index in [0.717, 1.165) is 11.9 Å². The van der Waals surface area contributed by atoms with Crippen molar-refractivity contribution < 1.29 is 14.3 Å². The van der Waals surface area contributed by atoms with E-state index in [0.29, 0.717) is 18.5 Å². The van der Waals surface area contributed by atoms with Gasteiger partial charge in [-0.25, -0.2) is 4.79 Å². The lowest BCUT2D eigenvalue weighted by atomic mass is 10.1. The summed E-state index contributed by atoms with van der Waals surface area (Å²) in [5, 5.41) is 1.02. The Morgan fingerprint density at radius 2 is 2.00 bits per heavy atom. The van der Waals surface area contributed by atoms with Gasteiger partial charge in [-0.2, -0.15) is 0 Å². The van der Waals surface area contributed by atoms with Gasteiger partial charge in [-0.15, -0.1) is 0 Å². The third-order valence-electron chi connectivity index (χ3n) is 3.37.